The van der Waals surface area contributed by atoms with Crippen molar-refractivity contribution in [1.29, 1.82) is 0 Å². The second kappa shape index (κ2) is 6.98. The van der Waals surface area contributed by atoms with Gasteiger partial charge in [-0.1, -0.05) is 6.92 Å². The Bertz CT molecular complexity index is 461. The lowest BCUT2D eigenvalue weighted by Crippen LogP contribution is -2.49. The monoisotopic (exact) mass is 313 g/mol. The van der Waals surface area contributed by atoms with Crippen molar-refractivity contribution in [2.75, 3.05) is 51.3 Å². The van der Waals surface area contributed by atoms with Gasteiger partial charge in [0.15, 0.2) is 9.84 Å². The third-order valence-electron chi connectivity index (χ3n) is 3.10. The number of rotatable bonds is 7. The molecule has 1 fully saturated rings. The lowest BCUT2D eigenvalue weighted by Gasteiger charge is -2.30. The minimum Gasteiger partial charge on any atom is -0.317 e. The quantitative estimate of drug-likeness (QED) is 0.603. The lowest BCUT2D eigenvalue weighted by atomic mass is 10.4. The highest BCUT2D eigenvalue weighted by molar-refractivity contribution is 7.91. The van der Waals surface area contributed by atoms with Crippen LogP contribution in [0.2, 0.25) is 0 Å². The molecule has 114 valence electrons. The van der Waals surface area contributed by atoms with Crippen LogP contribution in [0.5, 0.6) is 0 Å². The highest BCUT2D eigenvalue weighted by Crippen LogP contribution is 2.12. The molecule has 0 bridgehead atoms. The summed E-state index contributed by atoms with van der Waals surface area (Å²) in [6.07, 6.45) is 0.732. The van der Waals surface area contributed by atoms with Crippen molar-refractivity contribution in [3.63, 3.8) is 0 Å². The molecule has 1 saturated heterocycles. The van der Waals surface area contributed by atoms with E-state index in [1.807, 2.05) is 6.92 Å². The van der Waals surface area contributed by atoms with Crippen molar-refractivity contribution in [2.45, 2.75) is 13.3 Å². The maximum Gasteiger partial charge on any atom is 0.281 e. The number of hydrogen-bond donors (Lipinski definition) is 1. The molecule has 1 N–H and O–H groups in total. The predicted octanol–water partition coefficient (Wildman–Crippen LogP) is -1.11. The first-order valence-corrected chi connectivity index (χ1v) is 9.64. The summed E-state index contributed by atoms with van der Waals surface area (Å²) in [5, 5.41) is 3.13. The number of nitrogens with zero attached hydrogens (tertiary/aromatic N) is 2. The van der Waals surface area contributed by atoms with E-state index in [0.29, 0.717) is 6.54 Å². The van der Waals surface area contributed by atoms with Crippen LogP contribution in [0.4, 0.5) is 0 Å². The van der Waals surface area contributed by atoms with Crippen LogP contribution in [0, 0.1) is 0 Å². The first-order valence-electron chi connectivity index (χ1n) is 6.42. The van der Waals surface area contributed by atoms with Crippen molar-refractivity contribution >= 4 is 20.0 Å². The van der Waals surface area contributed by atoms with Gasteiger partial charge in [0.2, 0.25) is 0 Å². The van der Waals surface area contributed by atoms with E-state index < -0.39 is 20.0 Å². The van der Waals surface area contributed by atoms with Crippen molar-refractivity contribution in [1.82, 2.24) is 13.9 Å². The smallest absolute Gasteiger partial charge is 0.281 e. The van der Waals surface area contributed by atoms with Crippen LogP contribution >= 0.6 is 0 Å². The molecule has 1 heterocycles. The zero-order valence-corrected chi connectivity index (χ0v) is 13.1. The summed E-state index contributed by atoms with van der Waals surface area (Å²) in [4.78, 5) is 0. The fourth-order valence-electron chi connectivity index (χ4n) is 1.84. The van der Waals surface area contributed by atoms with Gasteiger partial charge in [-0.15, -0.1) is 0 Å². The summed E-state index contributed by atoms with van der Waals surface area (Å²) in [6.45, 7) is 4.17. The fraction of sp³-hybridized carbons (Fsp3) is 1.00. The molecular weight excluding hydrogens is 290 g/mol. The van der Waals surface area contributed by atoms with E-state index in [4.69, 9.17) is 0 Å². The molecular formula is C10H23N3O4S2. The lowest BCUT2D eigenvalue weighted by molar-refractivity contribution is 0.368. The molecule has 9 heteroatoms. The molecule has 1 aliphatic heterocycles. The van der Waals surface area contributed by atoms with E-state index in [1.54, 1.807) is 0 Å². The van der Waals surface area contributed by atoms with E-state index in [9.17, 15) is 16.8 Å². The maximum atomic E-state index is 12.2. The number of nitrogens with one attached hydrogen (secondary N) is 1. The molecule has 1 aliphatic rings. The van der Waals surface area contributed by atoms with Crippen molar-refractivity contribution in [3.05, 3.63) is 0 Å². The SMILES string of the molecule is CCNCCCN(C)S(=O)(=O)N1CCS(=O)(=O)CC1. The number of sulfone groups is 1. The molecule has 0 unspecified atom stereocenters. The molecule has 1 rings (SSSR count). The van der Waals surface area contributed by atoms with Crippen LogP contribution in [0.15, 0.2) is 0 Å². The summed E-state index contributed by atoms with van der Waals surface area (Å²) >= 11 is 0. The highest BCUT2D eigenvalue weighted by atomic mass is 32.2. The minimum atomic E-state index is -3.52. The Morgan fingerprint density at radius 3 is 2.37 bits per heavy atom. The summed E-state index contributed by atoms with van der Waals surface area (Å²) in [7, 11) is -5.05. The Kier molecular flexibility index (Phi) is 6.18. The van der Waals surface area contributed by atoms with Gasteiger partial charge >= 0.3 is 0 Å². The molecule has 0 amide bonds. The molecule has 0 radical (unpaired) electrons. The van der Waals surface area contributed by atoms with Gasteiger partial charge in [-0.05, 0) is 19.5 Å². The Morgan fingerprint density at radius 2 is 1.84 bits per heavy atom. The average molecular weight is 313 g/mol. The van der Waals surface area contributed by atoms with Gasteiger partial charge in [-0.2, -0.15) is 17.0 Å². The van der Waals surface area contributed by atoms with Gasteiger partial charge in [-0.3, -0.25) is 0 Å². The Hall–Kier alpha value is -0.220. The average Bonchev–Trinajstić information content (AvgIpc) is 2.33. The molecule has 0 aliphatic carbocycles. The van der Waals surface area contributed by atoms with Crippen LogP contribution in [-0.2, 0) is 20.0 Å². The van der Waals surface area contributed by atoms with E-state index in [2.05, 4.69) is 5.32 Å². The van der Waals surface area contributed by atoms with E-state index in [-0.39, 0.29) is 24.6 Å². The normalized spacial score (nSPS) is 20.8. The number of hydrogen-bond acceptors (Lipinski definition) is 5. The van der Waals surface area contributed by atoms with E-state index >= 15 is 0 Å². The van der Waals surface area contributed by atoms with Gasteiger partial charge in [0.1, 0.15) is 0 Å². The van der Waals surface area contributed by atoms with Crippen LogP contribution in [0.3, 0.4) is 0 Å². The van der Waals surface area contributed by atoms with Crippen molar-refractivity contribution in [2.24, 2.45) is 0 Å². The molecule has 0 atom stereocenters. The second-order valence-electron chi connectivity index (χ2n) is 4.59. The molecule has 19 heavy (non-hydrogen) atoms. The van der Waals surface area contributed by atoms with Crippen LogP contribution in [0.25, 0.3) is 0 Å². The standard InChI is InChI=1S/C10H23N3O4S2/c1-3-11-5-4-6-12(2)19(16,17)13-7-9-18(14,15)10-8-13/h11H,3-10H2,1-2H3. The van der Waals surface area contributed by atoms with Gasteiger partial charge in [0.05, 0.1) is 11.5 Å². The second-order valence-corrected chi connectivity index (χ2v) is 8.93. The Balaban J connectivity index is 2.51. The summed E-state index contributed by atoms with van der Waals surface area (Å²) in [5.41, 5.74) is 0. The summed E-state index contributed by atoms with van der Waals surface area (Å²) in [6, 6.07) is 0. The summed E-state index contributed by atoms with van der Waals surface area (Å²) in [5.74, 6) is -0.172. The van der Waals surface area contributed by atoms with E-state index in [0.717, 1.165) is 19.5 Å². The largest absolute Gasteiger partial charge is 0.317 e. The van der Waals surface area contributed by atoms with Gasteiger partial charge in [0.25, 0.3) is 10.2 Å². The molecule has 7 nitrogen and oxygen atoms in total. The van der Waals surface area contributed by atoms with Crippen LogP contribution in [-0.4, -0.2) is 76.7 Å². The molecule has 0 spiro atoms. The molecule has 0 aromatic heterocycles. The third kappa shape index (κ3) is 4.99. The van der Waals surface area contributed by atoms with Crippen molar-refractivity contribution in [3.8, 4) is 0 Å². The zero-order chi connectivity index (χ0) is 14.5. The highest BCUT2D eigenvalue weighted by Gasteiger charge is 2.32. The van der Waals surface area contributed by atoms with Crippen LogP contribution < -0.4 is 5.32 Å². The minimum absolute atomic E-state index is 0.0578. The molecule has 0 aromatic rings. The first-order chi connectivity index (χ1) is 8.79. The molecule has 0 aromatic carbocycles. The fourth-order valence-corrected chi connectivity index (χ4v) is 4.67. The maximum absolute atomic E-state index is 12.2. The third-order valence-corrected chi connectivity index (χ3v) is 6.70. The first kappa shape index (κ1) is 16.8. The zero-order valence-electron chi connectivity index (χ0n) is 11.5. The van der Waals surface area contributed by atoms with Gasteiger partial charge < -0.3 is 5.32 Å². The predicted molar refractivity (Wildman–Crippen MR) is 74.9 cm³/mol. The van der Waals surface area contributed by atoms with Gasteiger partial charge in [-0.25, -0.2) is 8.42 Å². The Morgan fingerprint density at radius 1 is 1.26 bits per heavy atom. The molecule has 0 saturated carbocycles. The van der Waals surface area contributed by atoms with Crippen LogP contribution in [0.1, 0.15) is 13.3 Å². The van der Waals surface area contributed by atoms with Crippen molar-refractivity contribution < 1.29 is 16.8 Å². The Labute approximate surface area is 116 Å². The summed E-state index contributed by atoms with van der Waals surface area (Å²) < 4.78 is 49.5. The van der Waals surface area contributed by atoms with Gasteiger partial charge in [0, 0.05) is 26.7 Å². The topological polar surface area (TPSA) is 86.8 Å². The van der Waals surface area contributed by atoms with E-state index in [1.165, 1.54) is 15.7 Å².